The van der Waals surface area contributed by atoms with Crippen LogP contribution in [0.25, 0.3) is 16.5 Å². The third kappa shape index (κ3) is 1.83. The number of hydrogen-bond donors (Lipinski definition) is 1. The van der Waals surface area contributed by atoms with Crippen molar-refractivity contribution in [3.63, 3.8) is 0 Å². The quantitative estimate of drug-likeness (QED) is 0.583. The summed E-state index contributed by atoms with van der Waals surface area (Å²) in [6, 6.07) is 21.2. The van der Waals surface area contributed by atoms with E-state index >= 15 is 0 Å². The molecule has 0 spiro atoms. The molecule has 0 amide bonds. The molecule has 0 unspecified atom stereocenters. The van der Waals surface area contributed by atoms with Gasteiger partial charge in [0.1, 0.15) is 0 Å². The summed E-state index contributed by atoms with van der Waals surface area (Å²) in [6.07, 6.45) is 1.00. The number of rotatable bonds is 0. The number of hydrogen-bond acceptors (Lipinski definition) is 2. The Morgan fingerprint density at radius 3 is 2.62 bits per heavy atom. The summed E-state index contributed by atoms with van der Waals surface area (Å²) in [5.41, 5.74) is 4.83. The highest BCUT2D eigenvalue weighted by Crippen LogP contribution is 2.49. The molecule has 1 N–H and O–H groups in total. The van der Waals surface area contributed by atoms with Crippen molar-refractivity contribution >= 4 is 22.2 Å². The van der Waals surface area contributed by atoms with Gasteiger partial charge in [0, 0.05) is 11.0 Å². The summed E-state index contributed by atoms with van der Waals surface area (Å²) in [5.74, 6) is 1.87. The Hall–Kier alpha value is -2.74. The predicted molar refractivity (Wildman–Crippen MR) is 99.0 cm³/mol. The lowest BCUT2D eigenvalue weighted by Gasteiger charge is -2.39. The SMILES string of the molecule is CC1(C)Cc2c(ccc3ccccc23)C2=C1Nc1ccccc1O2. The van der Waals surface area contributed by atoms with Gasteiger partial charge in [-0.05, 0) is 34.9 Å². The second-order valence-corrected chi connectivity index (χ2v) is 7.30. The van der Waals surface area contributed by atoms with Crippen LogP contribution in [-0.4, -0.2) is 0 Å². The molecule has 0 radical (unpaired) electrons. The highest BCUT2D eigenvalue weighted by atomic mass is 16.5. The molecule has 0 saturated heterocycles. The molecule has 0 bridgehead atoms. The highest BCUT2D eigenvalue weighted by molar-refractivity contribution is 5.92. The summed E-state index contributed by atoms with van der Waals surface area (Å²) in [6.45, 7) is 4.58. The van der Waals surface area contributed by atoms with Gasteiger partial charge in [0.15, 0.2) is 11.5 Å². The first-order chi connectivity index (χ1) is 11.6. The molecule has 1 heterocycles. The first kappa shape index (κ1) is 13.7. The van der Waals surface area contributed by atoms with Crippen molar-refractivity contribution in [2.75, 3.05) is 5.32 Å². The van der Waals surface area contributed by atoms with E-state index < -0.39 is 0 Å². The molecule has 3 aromatic carbocycles. The van der Waals surface area contributed by atoms with E-state index in [1.54, 1.807) is 0 Å². The van der Waals surface area contributed by atoms with E-state index in [1.165, 1.54) is 27.6 Å². The molecule has 2 aliphatic rings. The van der Waals surface area contributed by atoms with Gasteiger partial charge in [-0.2, -0.15) is 0 Å². The summed E-state index contributed by atoms with van der Waals surface area (Å²) in [5, 5.41) is 6.26. The molecular formula is C22H19NO. The van der Waals surface area contributed by atoms with Crippen LogP contribution in [0.1, 0.15) is 25.0 Å². The van der Waals surface area contributed by atoms with Crippen LogP contribution in [0.4, 0.5) is 5.69 Å². The van der Waals surface area contributed by atoms with Gasteiger partial charge in [0.25, 0.3) is 0 Å². The fourth-order valence-electron chi connectivity index (χ4n) is 3.95. The summed E-state index contributed by atoms with van der Waals surface area (Å²) in [7, 11) is 0. The van der Waals surface area contributed by atoms with Crippen LogP contribution in [0.5, 0.6) is 5.75 Å². The van der Waals surface area contributed by atoms with Crippen LogP contribution in [0, 0.1) is 5.41 Å². The first-order valence-corrected chi connectivity index (χ1v) is 8.43. The Kier molecular flexibility index (Phi) is 2.64. The van der Waals surface area contributed by atoms with Gasteiger partial charge < -0.3 is 10.1 Å². The monoisotopic (exact) mass is 313 g/mol. The van der Waals surface area contributed by atoms with Crippen molar-refractivity contribution in [1.82, 2.24) is 0 Å². The predicted octanol–water partition coefficient (Wildman–Crippen LogP) is 5.60. The van der Waals surface area contributed by atoms with Gasteiger partial charge >= 0.3 is 0 Å². The molecule has 3 aromatic rings. The van der Waals surface area contributed by atoms with Gasteiger partial charge in [-0.25, -0.2) is 0 Å². The van der Waals surface area contributed by atoms with Crippen molar-refractivity contribution < 1.29 is 4.74 Å². The Morgan fingerprint density at radius 1 is 0.917 bits per heavy atom. The van der Waals surface area contributed by atoms with Gasteiger partial charge in [0.05, 0.1) is 11.4 Å². The number of anilines is 1. The van der Waals surface area contributed by atoms with Crippen LogP contribution in [0.15, 0.2) is 66.4 Å². The number of ether oxygens (including phenoxy) is 1. The van der Waals surface area contributed by atoms with Crippen molar-refractivity contribution in [3.05, 3.63) is 77.5 Å². The Bertz CT molecular complexity index is 1010. The maximum Gasteiger partial charge on any atom is 0.154 e. The number of nitrogens with one attached hydrogen (secondary N) is 1. The highest BCUT2D eigenvalue weighted by Gasteiger charge is 2.38. The Morgan fingerprint density at radius 2 is 1.71 bits per heavy atom. The lowest BCUT2D eigenvalue weighted by atomic mass is 9.74. The fraction of sp³-hybridized carbons (Fsp3) is 0.182. The molecule has 5 rings (SSSR count). The molecule has 0 fully saturated rings. The molecule has 0 atom stereocenters. The number of allylic oxidation sites excluding steroid dienone is 1. The standard InChI is InChI=1S/C22H19NO/c1-22(2)13-17-15-8-4-3-7-14(15)11-12-16(17)20-21(22)23-18-9-5-6-10-19(18)24-20/h3-12,23H,13H2,1-2H3. The number of benzene rings is 3. The summed E-state index contributed by atoms with van der Waals surface area (Å²) < 4.78 is 6.36. The van der Waals surface area contributed by atoms with Crippen molar-refractivity contribution in [1.29, 1.82) is 0 Å². The van der Waals surface area contributed by atoms with E-state index in [1.807, 2.05) is 18.2 Å². The third-order valence-electron chi connectivity index (χ3n) is 5.17. The summed E-state index contributed by atoms with van der Waals surface area (Å²) >= 11 is 0. The van der Waals surface area contributed by atoms with Crippen LogP contribution >= 0.6 is 0 Å². The van der Waals surface area contributed by atoms with E-state index in [0.717, 1.165) is 23.6 Å². The van der Waals surface area contributed by atoms with Gasteiger partial charge in [-0.3, -0.25) is 0 Å². The second kappa shape index (κ2) is 4.64. The third-order valence-corrected chi connectivity index (χ3v) is 5.17. The zero-order valence-corrected chi connectivity index (χ0v) is 13.9. The number of para-hydroxylation sites is 2. The van der Waals surface area contributed by atoms with Gasteiger partial charge in [-0.1, -0.05) is 62.4 Å². The van der Waals surface area contributed by atoms with Gasteiger partial charge in [-0.15, -0.1) is 0 Å². The fourth-order valence-corrected chi connectivity index (χ4v) is 3.95. The number of fused-ring (bicyclic) bond motifs is 5. The molecule has 2 nitrogen and oxygen atoms in total. The Balaban J connectivity index is 1.78. The average molecular weight is 313 g/mol. The first-order valence-electron chi connectivity index (χ1n) is 8.43. The topological polar surface area (TPSA) is 21.3 Å². The lowest BCUT2D eigenvalue weighted by molar-refractivity contribution is 0.403. The minimum absolute atomic E-state index is 0.0000104. The molecule has 1 aliphatic heterocycles. The molecule has 1 aliphatic carbocycles. The largest absolute Gasteiger partial charge is 0.453 e. The van der Waals surface area contributed by atoms with E-state index in [0.29, 0.717) is 0 Å². The van der Waals surface area contributed by atoms with E-state index in [-0.39, 0.29) is 5.41 Å². The average Bonchev–Trinajstić information content (AvgIpc) is 2.60. The molecule has 24 heavy (non-hydrogen) atoms. The minimum Gasteiger partial charge on any atom is -0.453 e. The normalized spacial score (nSPS) is 17.4. The van der Waals surface area contributed by atoms with Crippen molar-refractivity contribution in [2.45, 2.75) is 20.3 Å². The second-order valence-electron chi connectivity index (χ2n) is 7.30. The van der Waals surface area contributed by atoms with Crippen LogP contribution in [0.3, 0.4) is 0 Å². The molecule has 0 aromatic heterocycles. The van der Waals surface area contributed by atoms with E-state index in [2.05, 4.69) is 61.6 Å². The van der Waals surface area contributed by atoms with E-state index in [9.17, 15) is 0 Å². The molecule has 0 saturated carbocycles. The summed E-state index contributed by atoms with van der Waals surface area (Å²) in [4.78, 5) is 0. The Labute approximate surface area is 141 Å². The molecule has 2 heteroatoms. The van der Waals surface area contributed by atoms with E-state index in [4.69, 9.17) is 4.74 Å². The zero-order chi connectivity index (χ0) is 16.3. The van der Waals surface area contributed by atoms with Crippen molar-refractivity contribution in [2.24, 2.45) is 5.41 Å². The van der Waals surface area contributed by atoms with Gasteiger partial charge in [0.2, 0.25) is 0 Å². The van der Waals surface area contributed by atoms with Crippen molar-refractivity contribution in [3.8, 4) is 5.75 Å². The lowest BCUT2D eigenvalue weighted by Crippen LogP contribution is -2.32. The maximum absolute atomic E-state index is 6.36. The molecular weight excluding hydrogens is 294 g/mol. The van der Waals surface area contributed by atoms with Crippen LogP contribution in [-0.2, 0) is 6.42 Å². The minimum atomic E-state index is -0.0000104. The zero-order valence-electron chi connectivity index (χ0n) is 13.9. The smallest absolute Gasteiger partial charge is 0.154 e. The maximum atomic E-state index is 6.36. The molecule has 118 valence electrons. The van der Waals surface area contributed by atoms with Crippen LogP contribution < -0.4 is 10.1 Å². The van der Waals surface area contributed by atoms with Crippen LogP contribution in [0.2, 0.25) is 0 Å².